The first kappa shape index (κ1) is 17.0. The first-order valence-corrected chi connectivity index (χ1v) is 8.46. The molecule has 20 heavy (non-hydrogen) atoms. The number of rotatable bonds is 6. The van der Waals surface area contributed by atoms with Gasteiger partial charge in [0.25, 0.3) is 0 Å². The van der Waals surface area contributed by atoms with Gasteiger partial charge in [-0.25, -0.2) is 8.42 Å². The molecule has 0 amide bonds. The molecule has 0 fully saturated rings. The van der Waals surface area contributed by atoms with E-state index in [9.17, 15) is 13.2 Å². The van der Waals surface area contributed by atoms with Crippen molar-refractivity contribution in [1.29, 1.82) is 0 Å². The van der Waals surface area contributed by atoms with Crippen LogP contribution in [0.4, 0.5) is 0 Å². The van der Waals surface area contributed by atoms with Gasteiger partial charge < -0.3 is 4.74 Å². The molecule has 0 bridgehead atoms. The molecule has 0 aliphatic carbocycles. The van der Waals surface area contributed by atoms with E-state index in [4.69, 9.17) is 16.3 Å². The molecule has 0 saturated heterocycles. The molecule has 0 N–H and O–H groups in total. The Balaban J connectivity index is 2.95. The minimum atomic E-state index is -3.66. The van der Waals surface area contributed by atoms with Crippen molar-refractivity contribution in [1.82, 2.24) is 0 Å². The van der Waals surface area contributed by atoms with Crippen molar-refractivity contribution in [2.45, 2.75) is 37.2 Å². The number of carbonyl (C=O) groups is 1. The second-order valence-corrected chi connectivity index (χ2v) is 7.75. The maximum absolute atomic E-state index is 12.4. The second-order valence-electron chi connectivity index (χ2n) is 4.94. The normalized spacial score (nSPS) is 12.2. The SMILES string of the molecule is CCOC(=O)C(C)(C)S(=O)(=O)Cc1ccc(CCl)cc1. The number of hydrogen-bond acceptors (Lipinski definition) is 4. The maximum Gasteiger partial charge on any atom is 0.326 e. The average Bonchev–Trinajstić information content (AvgIpc) is 2.39. The molecule has 6 heteroatoms. The Hall–Kier alpha value is -1.07. The molecule has 1 aromatic rings. The number of sulfone groups is 1. The standard InChI is InChI=1S/C14H19ClO4S/c1-4-19-13(16)14(2,3)20(17,18)10-12-7-5-11(9-15)6-8-12/h5-8H,4,9-10H2,1-3H3. The van der Waals surface area contributed by atoms with E-state index in [2.05, 4.69) is 0 Å². The van der Waals surface area contributed by atoms with Crippen molar-refractivity contribution in [3.05, 3.63) is 35.4 Å². The molecule has 0 radical (unpaired) electrons. The first-order valence-electron chi connectivity index (χ1n) is 6.28. The van der Waals surface area contributed by atoms with Crippen LogP contribution in [0.25, 0.3) is 0 Å². The Labute approximate surface area is 125 Å². The van der Waals surface area contributed by atoms with Crippen molar-refractivity contribution >= 4 is 27.4 Å². The molecule has 0 heterocycles. The van der Waals surface area contributed by atoms with E-state index in [0.29, 0.717) is 11.4 Å². The molecule has 112 valence electrons. The summed E-state index contributed by atoms with van der Waals surface area (Å²) < 4.78 is 28.0. The van der Waals surface area contributed by atoms with Crippen molar-refractivity contribution in [3.63, 3.8) is 0 Å². The molecule has 0 aliphatic rings. The fourth-order valence-electron chi connectivity index (χ4n) is 1.56. The number of ether oxygens (including phenoxy) is 1. The van der Waals surface area contributed by atoms with Crippen LogP contribution >= 0.6 is 11.6 Å². The lowest BCUT2D eigenvalue weighted by atomic mass is 10.2. The van der Waals surface area contributed by atoms with Crippen molar-refractivity contribution in [2.75, 3.05) is 6.61 Å². The molecule has 0 unspecified atom stereocenters. The smallest absolute Gasteiger partial charge is 0.326 e. The first-order chi connectivity index (χ1) is 9.24. The number of benzene rings is 1. The van der Waals surface area contributed by atoms with Crippen LogP contribution in [0.15, 0.2) is 24.3 Å². The number of esters is 1. The zero-order valence-corrected chi connectivity index (χ0v) is 13.4. The highest BCUT2D eigenvalue weighted by Crippen LogP contribution is 2.23. The van der Waals surface area contributed by atoms with Gasteiger partial charge in [0.1, 0.15) is 0 Å². The Bertz CT molecular complexity index is 561. The Morgan fingerprint density at radius 2 is 1.70 bits per heavy atom. The van der Waals surface area contributed by atoms with Gasteiger partial charge >= 0.3 is 5.97 Å². The number of halogens is 1. The molecule has 0 aliphatic heterocycles. The molecule has 0 aromatic heterocycles. The topological polar surface area (TPSA) is 60.4 Å². The third-order valence-corrected chi connectivity index (χ3v) is 5.82. The largest absolute Gasteiger partial charge is 0.465 e. The van der Waals surface area contributed by atoms with Gasteiger partial charge in [-0.15, -0.1) is 11.6 Å². The van der Waals surface area contributed by atoms with Crippen LogP contribution in [0.5, 0.6) is 0 Å². The fraction of sp³-hybridized carbons (Fsp3) is 0.500. The summed E-state index contributed by atoms with van der Waals surface area (Å²) in [6.45, 7) is 4.54. The van der Waals surface area contributed by atoms with Gasteiger partial charge in [0, 0.05) is 5.88 Å². The van der Waals surface area contributed by atoms with Crippen LogP contribution in [-0.4, -0.2) is 25.7 Å². The lowest BCUT2D eigenvalue weighted by Gasteiger charge is -2.22. The van der Waals surface area contributed by atoms with E-state index in [-0.39, 0.29) is 12.4 Å². The highest BCUT2D eigenvalue weighted by atomic mass is 35.5. The predicted octanol–water partition coefficient (Wildman–Crippen LogP) is 2.68. The van der Waals surface area contributed by atoms with Crippen molar-refractivity contribution < 1.29 is 17.9 Å². The molecule has 0 atom stereocenters. The maximum atomic E-state index is 12.4. The quantitative estimate of drug-likeness (QED) is 0.597. The van der Waals surface area contributed by atoms with E-state index in [0.717, 1.165) is 5.56 Å². The van der Waals surface area contributed by atoms with E-state index in [1.807, 2.05) is 0 Å². The molecular formula is C14H19ClO4S. The minimum Gasteiger partial charge on any atom is -0.465 e. The van der Waals surface area contributed by atoms with Gasteiger partial charge in [-0.05, 0) is 31.9 Å². The molecule has 1 aromatic carbocycles. The third kappa shape index (κ3) is 3.73. The predicted molar refractivity (Wildman–Crippen MR) is 79.3 cm³/mol. The summed E-state index contributed by atoms with van der Waals surface area (Å²) in [5, 5.41) is 0. The summed E-state index contributed by atoms with van der Waals surface area (Å²) in [4.78, 5) is 11.8. The highest BCUT2D eigenvalue weighted by molar-refractivity contribution is 7.92. The van der Waals surface area contributed by atoms with Gasteiger partial charge in [0.15, 0.2) is 14.6 Å². The molecule has 0 saturated carbocycles. The summed E-state index contributed by atoms with van der Waals surface area (Å²) in [5.41, 5.74) is 1.54. The van der Waals surface area contributed by atoms with E-state index in [1.165, 1.54) is 13.8 Å². The van der Waals surface area contributed by atoms with Crippen LogP contribution in [0, 0.1) is 0 Å². The van der Waals surface area contributed by atoms with Gasteiger partial charge in [-0.2, -0.15) is 0 Å². The van der Waals surface area contributed by atoms with Gasteiger partial charge in [0.2, 0.25) is 0 Å². The summed E-state index contributed by atoms with van der Waals surface area (Å²) in [6, 6.07) is 6.96. The number of hydrogen-bond donors (Lipinski definition) is 0. The Morgan fingerprint density at radius 3 is 2.15 bits per heavy atom. The lowest BCUT2D eigenvalue weighted by molar-refractivity contribution is -0.145. The minimum absolute atomic E-state index is 0.155. The Morgan fingerprint density at radius 1 is 1.20 bits per heavy atom. The van der Waals surface area contributed by atoms with E-state index < -0.39 is 20.6 Å². The van der Waals surface area contributed by atoms with Crippen LogP contribution < -0.4 is 0 Å². The van der Waals surface area contributed by atoms with Crippen LogP contribution in [0.3, 0.4) is 0 Å². The fourth-order valence-corrected chi connectivity index (χ4v) is 3.04. The summed E-state index contributed by atoms with van der Waals surface area (Å²) in [5.74, 6) is -0.555. The van der Waals surface area contributed by atoms with Crippen molar-refractivity contribution in [3.8, 4) is 0 Å². The summed E-state index contributed by atoms with van der Waals surface area (Å²) in [6.07, 6.45) is 0. The molecular weight excluding hydrogens is 300 g/mol. The zero-order valence-electron chi connectivity index (χ0n) is 11.8. The summed E-state index contributed by atoms with van der Waals surface area (Å²) in [7, 11) is -3.66. The van der Waals surface area contributed by atoms with Crippen LogP contribution in [-0.2, 0) is 31.0 Å². The number of alkyl halides is 1. The van der Waals surface area contributed by atoms with Gasteiger partial charge in [0.05, 0.1) is 12.4 Å². The molecule has 4 nitrogen and oxygen atoms in total. The third-order valence-electron chi connectivity index (χ3n) is 3.08. The zero-order chi connectivity index (χ0) is 15.4. The van der Waals surface area contributed by atoms with Gasteiger partial charge in [-0.3, -0.25) is 4.79 Å². The molecule has 1 rings (SSSR count). The summed E-state index contributed by atoms with van der Waals surface area (Å²) >= 11 is 5.68. The Kier molecular flexibility index (Phi) is 5.59. The molecule has 0 spiro atoms. The van der Waals surface area contributed by atoms with Gasteiger partial charge in [-0.1, -0.05) is 24.3 Å². The van der Waals surface area contributed by atoms with Crippen molar-refractivity contribution in [2.24, 2.45) is 0 Å². The highest BCUT2D eigenvalue weighted by Gasteiger charge is 2.42. The van der Waals surface area contributed by atoms with Crippen LogP contribution in [0.2, 0.25) is 0 Å². The monoisotopic (exact) mass is 318 g/mol. The second kappa shape index (κ2) is 6.59. The lowest BCUT2D eigenvalue weighted by Crippen LogP contribution is -2.42. The van der Waals surface area contributed by atoms with E-state index in [1.54, 1.807) is 31.2 Å². The number of carbonyl (C=O) groups excluding carboxylic acids is 1. The van der Waals surface area contributed by atoms with E-state index >= 15 is 0 Å². The average molecular weight is 319 g/mol. The van der Waals surface area contributed by atoms with Crippen LogP contribution in [0.1, 0.15) is 31.9 Å².